The van der Waals surface area contributed by atoms with E-state index in [9.17, 15) is 10.2 Å². The van der Waals surface area contributed by atoms with Crippen molar-refractivity contribution in [3.63, 3.8) is 0 Å². The third-order valence-electron chi connectivity index (χ3n) is 4.72. The summed E-state index contributed by atoms with van der Waals surface area (Å²) in [5.41, 5.74) is -0.632. The number of hydrogen-bond acceptors (Lipinski definition) is 2. The van der Waals surface area contributed by atoms with Gasteiger partial charge >= 0.3 is 0 Å². The van der Waals surface area contributed by atoms with Crippen LogP contribution in [0.15, 0.2) is 72.3 Å². The van der Waals surface area contributed by atoms with Crippen LogP contribution in [0.5, 0.6) is 0 Å². The number of allylic oxidation sites excluding steroid dienone is 1. The second-order valence-electron chi connectivity index (χ2n) is 6.65. The van der Waals surface area contributed by atoms with Crippen molar-refractivity contribution in [2.24, 2.45) is 0 Å². The predicted octanol–water partition coefficient (Wildman–Crippen LogP) is 4.13. The highest BCUT2D eigenvalue weighted by Crippen LogP contribution is 2.43. The molecule has 3 rings (SSSR count). The SMILES string of the molecule is CC(O)(C(=C[C]1[CH][CH][CH][CH]1)C(C)(O)c1ccccc1)c1ccccc1. The summed E-state index contributed by atoms with van der Waals surface area (Å²) in [5, 5.41) is 22.8. The van der Waals surface area contributed by atoms with Crippen LogP contribution < -0.4 is 0 Å². The molecule has 0 bridgehead atoms. The highest BCUT2D eigenvalue weighted by atomic mass is 16.3. The Bertz CT molecular complexity index is 655. The molecule has 2 aromatic carbocycles. The molecular formula is C23H23O2. The second-order valence-corrected chi connectivity index (χ2v) is 6.65. The minimum absolute atomic E-state index is 0.531. The summed E-state index contributed by atoms with van der Waals surface area (Å²) >= 11 is 0. The lowest BCUT2D eigenvalue weighted by molar-refractivity contribution is 0.0156. The minimum Gasteiger partial charge on any atom is -0.381 e. The van der Waals surface area contributed by atoms with Gasteiger partial charge in [-0.05, 0) is 56.2 Å². The van der Waals surface area contributed by atoms with Gasteiger partial charge in [0.2, 0.25) is 0 Å². The van der Waals surface area contributed by atoms with Crippen LogP contribution >= 0.6 is 0 Å². The van der Waals surface area contributed by atoms with Crippen molar-refractivity contribution in [1.29, 1.82) is 0 Å². The average molecular weight is 331 g/mol. The topological polar surface area (TPSA) is 40.5 Å². The summed E-state index contributed by atoms with van der Waals surface area (Å²) in [6.45, 7) is 3.46. The normalized spacial score (nSPS) is 19.8. The lowest BCUT2D eigenvalue weighted by Crippen LogP contribution is -2.38. The van der Waals surface area contributed by atoms with Gasteiger partial charge in [0, 0.05) is 5.92 Å². The first-order valence-corrected chi connectivity index (χ1v) is 8.42. The maximum Gasteiger partial charge on any atom is 0.111 e. The van der Waals surface area contributed by atoms with Crippen LogP contribution in [0.25, 0.3) is 0 Å². The number of benzene rings is 2. The summed E-state index contributed by atoms with van der Waals surface area (Å²) in [7, 11) is 0. The summed E-state index contributed by atoms with van der Waals surface area (Å²) in [6, 6.07) is 18.9. The molecule has 0 heterocycles. The summed E-state index contributed by atoms with van der Waals surface area (Å²) in [4.78, 5) is 0. The monoisotopic (exact) mass is 331 g/mol. The number of rotatable bonds is 5. The largest absolute Gasteiger partial charge is 0.381 e. The van der Waals surface area contributed by atoms with E-state index in [1.807, 2.05) is 92.4 Å². The van der Waals surface area contributed by atoms with Gasteiger partial charge in [-0.15, -0.1) is 0 Å². The molecule has 1 aliphatic carbocycles. The quantitative estimate of drug-likeness (QED) is 0.865. The first-order chi connectivity index (χ1) is 11.9. The third kappa shape index (κ3) is 3.70. The van der Waals surface area contributed by atoms with Crippen molar-refractivity contribution >= 4 is 0 Å². The lowest BCUT2D eigenvalue weighted by atomic mass is 9.74. The molecule has 1 aliphatic rings. The van der Waals surface area contributed by atoms with Crippen molar-refractivity contribution in [2.75, 3.05) is 0 Å². The maximum absolute atomic E-state index is 11.4. The van der Waals surface area contributed by atoms with Crippen molar-refractivity contribution in [1.82, 2.24) is 0 Å². The molecule has 2 heteroatoms. The molecule has 0 aliphatic heterocycles. The second kappa shape index (κ2) is 7.15. The van der Waals surface area contributed by atoms with Crippen LogP contribution in [0.2, 0.25) is 0 Å². The van der Waals surface area contributed by atoms with Gasteiger partial charge in [0.05, 0.1) is 0 Å². The van der Waals surface area contributed by atoms with Gasteiger partial charge < -0.3 is 10.2 Å². The highest BCUT2D eigenvalue weighted by molar-refractivity contribution is 5.49. The van der Waals surface area contributed by atoms with Crippen molar-refractivity contribution in [3.8, 4) is 0 Å². The van der Waals surface area contributed by atoms with Gasteiger partial charge in [0.25, 0.3) is 0 Å². The number of aliphatic hydroxyl groups is 2. The molecule has 1 fully saturated rings. The Morgan fingerprint density at radius 3 is 1.52 bits per heavy atom. The fraction of sp³-hybridized carbons (Fsp3) is 0.174. The standard InChI is InChI=1S/C23H23O2/c1-22(24,19-13-5-3-6-14-19)21(17-18-11-9-10-12-18)23(2,25)20-15-7-4-8-16-20/h3-17,24-25H,1-2H3. The van der Waals surface area contributed by atoms with Crippen LogP contribution in [-0.2, 0) is 11.2 Å². The summed E-state index contributed by atoms with van der Waals surface area (Å²) in [6.07, 6.45) is 9.68. The van der Waals surface area contributed by atoms with Crippen molar-refractivity contribution < 1.29 is 10.2 Å². The first kappa shape index (κ1) is 17.9. The molecule has 5 radical (unpaired) electrons. The van der Waals surface area contributed by atoms with Crippen LogP contribution in [0.4, 0.5) is 0 Å². The molecule has 25 heavy (non-hydrogen) atoms. The molecule has 0 saturated heterocycles. The zero-order valence-electron chi connectivity index (χ0n) is 14.6. The van der Waals surface area contributed by atoms with E-state index in [0.717, 1.165) is 17.0 Å². The zero-order chi connectivity index (χ0) is 17.9. The van der Waals surface area contributed by atoms with Gasteiger partial charge in [-0.25, -0.2) is 0 Å². The van der Waals surface area contributed by atoms with Gasteiger partial charge in [-0.2, -0.15) is 0 Å². The van der Waals surface area contributed by atoms with E-state index in [4.69, 9.17) is 0 Å². The van der Waals surface area contributed by atoms with Gasteiger partial charge in [0.15, 0.2) is 0 Å². The Morgan fingerprint density at radius 1 is 0.720 bits per heavy atom. The van der Waals surface area contributed by atoms with Crippen LogP contribution in [0.1, 0.15) is 25.0 Å². The van der Waals surface area contributed by atoms with E-state index in [2.05, 4.69) is 0 Å². The molecule has 0 amide bonds. The zero-order valence-corrected chi connectivity index (χ0v) is 14.6. The van der Waals surface area contributed by atoms with Crippen LogP contribution in [-0.4, -0.2) is 10.2 Å². The van der Waals surface area contributed by atoms with E-state index in [-0.39, 0.29) is 0 Å². The Hall–Kier alpha value is -1.90. The maximum atomic E-state index is 11.4. The number of hydrogen-bond donors (Lipinski definition) is 2. The highest BCUT2D eigenvalue weighted by Gasteiger charge is 2.41. The Kier molecular flexibility index (Phi) is 5.12. The molecule has 2 unspecified atom stereocenters. The van der Waals surface area contributed by atoms with Crippen molar-refractivity contribution in [3.05, 3.63) is 115 Å². The molecule has 2 aromatic rings. The first-order valence-electron chi connectivity index (χ1n) is 8.42. The molecule has 0 aromatic heterocycles. The smallest absolute Gasteiger partial charge is 0.111 e. The van der Waals surface area contributed by atoms with Crippen molar-refractivity contribution in [2.45, 2.75) is 25.0 Å². The molecular weight excluding hydrogens is 308 g/mol. The predicted molar refractivity (Wildman–Crippen MR) is 101 cm³/mol. The Balaban J connectivity index is 2.10. The molecule has 2 N–H and O–H groups in total. The lowest BCUT2D eigenvalue weighted by Gasteiger charge is -2.38. The van der Waals surface area contributed by atoms with Gasteiger partial charge in [-0.3, -0.25) is 0 Å². The fourth-order valence-corrected chi connectivity index (χ4v) is 3.24. The summed E-state index contributed by atoms with van der Waals surface area (Å²) < 4.78 is 0. The average Bonchev–Trinajstić information content (AvgIpc) is 3.14. The molecule has 0 spiro atoms. The van der Waals surface area contributed by atoms with Gasteiger partial charge in [-0.1, -0.05) is 66.7 Å². The summed E-state index contributed by atoms with van der Waals surface area (Å²) in [5.74, 6) is 0.947. The Morgan fingerprint density at radius 2 is 1.12 bits per heavy atom. The van der Waals surface area contributed by atoms with E-state index in [1.165, 1.54) is 0 Å². The van der Waals surface area contributed by atoms with Crippen LogP contribution in [0, 0.1) is 31.6 Å². The molecule has 2 nitrogen and oxygen atoms in total. The minimum atomic E-state index is -1.32. The van der Waals surface area contributed by atoms with Crippen LogP contribution in [0.3, 0.4) is 0 Å². The third-order valence-corrected chi connectivity index (χ3v) is 4.72. The van der Waals surface area contributed by atoms with E-state index in [1.54, 1.807) is 13.8 Å². The Labute approximate surface area is 150 Å². The van der Waals surface area contributed by atoms with Gasteiger partial charge in [0.1, 0.15) is 11.2 Å². The molecule has 1 saturated carbocycles. The molecule has 127 valence electrons. The van der Waals surface area contributed by atoms with E-state index in [0.29, 0.717) is 5.57 Å². The van der Waals surface area contributed by atoms with E-state index < -0.39 is 11.2 Å². The fourth-order valence-electron chi connectivity index (χ4n) is 3.24. The van der Waals surface area contributed by atoms with E-state index >= 15 is 0 Å². The molecule has 2 atom stereocenters.